The van der Waals surface area contributed by atoms with Crippen molar-refractivity contribution in [2.75, 3.05) is 13.1 Å². The number of carbonyl (C=O) groups is 1. The Kier molecular flexibility index (Phi) is 4.01. The van der Waals surface area contributed by atoms with E-state index >= 15 is 0 Å². The highest BCUT2D eigenvalue weighted by Gasteiger charge is 2.36. The van der Waals surface area contributed by atoms with Gasteiger partial charge in [-0.05, 0) is 36.8 Å². The first-order valence-electron chi connectivity index (χ1n) is 7.65. The lowest BCUT2D eigenvalue weighted by atomic mass is 9.93. The van der Waals surface area contributed by atoms with E-state index in [1.807, 2.05) is 12.3 Å². The molecule has 1 saturated heterocycles. The normalized spacial score (nSPS) is 26.6. The van der Waals surface area contributed by atoms with Gasteiger partial charge in [-0.15, -0.1) is 0 Å². The molecule has 0 bridgehead atoms. The van der Waals surface area contributed by atoms with E-state index in [1.165, 1.54) is 5.56 Å². The average Bonchev–Trinajstić information content (AvgIpc) is 3.31. The van der Waals surface area contributed by atoms with Crippen molar-refractivity contribution in [3.63, 3.8) is 0 Å². The number of hydrogen-bond donors (Lipinski definition) is 1. The molecule has 20 heavy (non-hydrogen) atoms. The highest BCUT2D eigenvalue weighted by Crippen LogP contribution is 2.32. The van der Waals surface area contributed by atoms with Crippen LogP contribution in [0.4, 0.5) is 0 Å². The Bertz CT molecular complexity index is 458. The van der Waals surface area contributed by atoms with Gasteiger partial charge in [-0.1, -0.05) is 13.0 Å². The average molecular weight is 273 g/mol. The standard InChI is InChI=1S/C16H23N3O/c1-12-11-19(16(20)14-4-5-14)8-6-15(12)18-10-13-3-2-7-17-9-13/h2-3,7,9,12,14-15,18H,4-6,8,10-11H2,1H3/t12-,15+/m0/s1. The molecule has 2 heterocycles. The summed E-state index contributed by atoms with van der Waals surface area (Å²) in [5, 5.41) is 3.61. The summed E-state index contributed by atoms with van der Waals surface area (Å²) in [6.45, 7) is 4.91. The van der Waals surface area contributed by atoms with Gasteiger partial charge in [0.15, 0.2) is 0 Å². The largest absolute Gasteiger partial charge is 0.342 e. The number of amides is 1. The van der Waals surface area contributed by atoms with Crippen molar-refractivity contribution in [3.8, 4) is 0 Å². The summed E-state index contributed by atoms with van der Waals surface area (Å²) in [5.74, 6) is 1.26. The molecule has 108 valence electrons. The highest BCUT2D eigenvalue weighted by molar-refractivity contribution is 5.81. The summed E-state index contributed by atoms with van der Waals surface area (Å²) >= 11 is 0. The summed E-state index contributed by atoms with van der Waals surface area (Å²) in [5.41, 5.74) is 1.22. The fraction of sp³-hybridized carbons (Fsp3) is 0.625. The second kappa shape index (κ2) is 5.92. The minimum Gasteiger partial charge on any atom is -0.342 e. The Balaban J connectivity index is 1.48. The van der Waals surface area contributed by atoms with Crippen molar-refractivity contribution >= 4 is 5.91 Å². The summed E-state index contributed by atoms with van der Waals surface area (Å²) in [7, 11) is 0. The number of nitrogens with zero attached hydrogens (tertiary/aromatic N) is 2. The molecule has 4 heteroatoms. The molecule has 1 aromatic rings. The van der Waals surface area contributed by atoms with Gasteiger partial charge >= 0.3 is 0 Å². The molecule has 0 spiro atoms. The summed E-state index contributed by atoms with van der Waals surface area (Å²) in [4.78, 5) is 18.3. The molecule has 2 aliphatic rings. The monoisotopic (exact) mass is 273 g/mol. The van der Waals surface area contributed by atoms with E-state index < -0.39 is 0 Å². The molecule has 1 aliphatic carbocycles. The number of aromatic nitrogens is 1. The Hall–Kier alpha value is -1.42. The lowest BCUT2D eigenvalue weighted by Crippen LogP contribution is -2.50. The van der Waals surface area contributed by atoms with E-state index in [0.717, 1.165) is 38.9 Å². The highest BCUT2D eigenvalue weighted by atomic mass is 16.2. The Morgan fingerprint density at radius 1 is 1.45 bits per heavy atom. The van der Waals surface area contributed by atoms with Gasteiger partial charge in [0.05, 0.1) is 0 Å². The van der Waals surface area contributed by atoms with Crippen LogP contribution < -0.4 is 5.32 Å². The summed E-state index contributed by atoms with van der Waals surface area (Å²) < 4.78 is 0. The molecule has 2 atom stereocenters. The first-order chi connectivity index (χ1) is 9.74. The van der Waals surface area contributed by atoms with Crippen LogP contribution in [0.25, 0.3) is 0 Å². The van der Waals surface area contributed by atoms with Crippen LogP contribution >= 0.6 is 0 Å². The zero-order valence-corrected chi connectivity index (χ0v) is 12.1. The zero-order chi connectivity index (χ0) is 13.9. The number of pyridine rings is 1. The molecule has 1 aromatic heterocycles. The van der Waals surface area contributed by atoms with Crippen molar-refractivity contribution < 1.29 is 4.79 Å². The van der Waals surface area contributed by atoms with E-state index in [1.54, 1.807) is 6.20 Å². The molecule has 3 rings (SSSR count). The van der Waals surface area contributed by atoms with Gasteiger partial charge < -0.3 is 10.2 Å². The molecule has 4 nitrogen and oxygen atoms in total. The van der Waals surface area contributed by atoms with Crippen LogP contribution in [-0.2, 0) is 11.3 Å². The molecular formula is C16H23N3O. The Morgan fingerprint density at radius 2 is 2.30 bits per heavy atom. The minimum atomic E-state index is 0.349. The van der Waals surface area contributed by atoms with Gasteiger partial charge in [0.2, 0.25) is 5.91 Å². The van der Waals surface area contributed by atoms with Crippen molar-refractivity contribution in [1.82, 2.24) is 15.2 Å². The first kappa shape index (κ1) is 13.6. The lowest BCUT2D eigenvalue weighted by molar-refractivity contribution is -0.134. The van der Waals surface area contributed by atoms with Gasteiger partial charge in [-0.3, -0.25) is 9.78 Å². The number of rotatable bonds is 4. The lowest BCUT2D eigenvalue weighted by Gasteiger charge is -2.37. The van der Waals surface area contributed by atoms with Gasteiger partial charge in [-0.2, -0.15) is 0 Å². The predicted molar refractivity (Wildman–Crippen MR) is 77.9 cm³/mol. The fourth-order valence-electron chi connectivity index (χ4n) is 2.99. The van der Waals surface area contributed by atoms with Crippen LogP contribution in [0.15, 0.2) is 24.5 Å². The third kappa shape index (κ3) is 3.18. The van der Waals surface area contributed by atoms with E-state index in [0.29, 0.717) is 23.8 Å². The number of piperidine rings is 1. The number of carbonyl (C=O) groups excluding carboxylic acids is 1. The molecule has 0 aromatic carbocycles. The van der Waals surface area contributed by atoms with E-state index in [2.05, 4.69) is 28.2 Å². The number of likely N-dealkylation sites (tertiary alicyclic amines) is 1. The molecule has 1 N–H and O–H groups in total. The maximum absolute atomic E-state index is 12.1. The fourth-order valence-corrected chi connectivity index (χ4v) is 2.99. The van der Waals surface area contributed by atoms with E-state index in [-0.39, 0.29) is 0 Å². The third-order valence-corrected chi connectivity index (χ3v) is 4.43. The summed E-state index contributed by atoms with van der Waals surface area (Å²) in [6, 6.07) is 4.56. The van der Waals surface area contributed by atoms with Crippen LogP contribution in [-0.4, -0.2) is 34.9 Å². The van der Waals surface area contributed by atoms with Crippen molar-refractivity contribution in [3.05, 3.63) is 30.1 Å². The predicted octanol–water partition coefficient (Wildman–Crippen LogP) is 1.82. The van der Waals surface area contributed by atoms with Gasteiger partial charge in [0, 0.05) is 44.0 Å². The number of nitrogens with one attached hydrogen (secondary N) is 1. The second-order valence-corrected chi connectivity index (χ2v) is 6.17. The zero-order valence-electron chi connectivity index (χ0n) is 12.1. The second-order valence-electron chi connectivity index (χ2n) is 6.17. The summed E-state index contributed by atoms with van der Waals surface area (Å²) in [6.07, 6.45) is 6.97. The molecule has 1 saturated carbocycles. The van der Waals surface area contributed by atoms with Gasteiger partial charge in [0.1, 0.15) is 0 Å². The number of hydrogen-bond acceptors (Lipinski definition) is 3. The minimum absolute atomic E-state index is 0.349. The van der Waals surface area contributed by atoms with Crippen molar-refractivity contribution in [2.45, 2.75) is 38.8 Å². The van der Waals surface area contributed by atoms with Crippen LogP contribution in [0, 0.1) is 11.8 Å². The van der Waals surface area contributed by atoms with Crippen LogP contribution in [0.5, 0.6) is 0 Å². The molecular weight excluding hydrogens is 250 g/mol. The molecule has 1 amide bonds. The van der Waals surface area contributed by atoms with Gasteiger partial charge in [-0.25, -0.2) is 0 Å². The molecule has 2 fully saturated rings. The van der Waals surface area contributed by atoms with Crippen LogP contribution in [0.1, 0.15) is 31.7 Å². The molecule has 1 aliphatic heterocycles. The topological polar surface area (TPSA) is 45.2 Å². The molecule has 0 radical (unpaired) electrons. The Labute approximate surface area is 120 Å². The van der Waals surface area contributed by atoms with Crippen molar-refractivity contribution in [2.24, 2.45) is 11.8 Å². The quantitative estimate of drug-likeness (QED) is 0.910. The maximum Gasteiger partial charge on any atom is 0.225 e. The van der Waals surface area contributed by atoms with Gasteiger partial charge in [0.25, 0.3) is 0 Å². The van der Waals surface area contributed by atoms with E-state index in [9.17, 15) is 4.79 Å². The van der Waals surface area contributed by atoms with Crippen molar-refractivity contribution in [1.29, 1.82) is 0 Å². The molecule has 0 unspecified atom stereocenters. The maximum atomic E-state index is 12.1. The van der Waals surface area contributed by atoms with E-state index in [4.69, 9.17) is 0 Å². The SMILES string of the molecule is C[C@H]1CN(C(=O)C2CC2)CC[C@H]1NCc1cccnc1. The first-order valence-corrected chi connectivity index (χ1v) is 7.65. The third-order valence-electron chi connectivity index (χ3n) is 4.43. The Morgan fingerprint density at radius 3 is 2.95 bits per heavy atom. The van der Waals surface area contributed by atoms with Crippen LogP contribution in [0.3, 0.4) is 0 Å². The van der Waals surface area contributed by atoms with Crippen LogP contribution in [0.2, 0.25) is 0 Å². The smallest absolute Gasteiger partial charge is 0.225 e.